The van der Waals surface area contributed by atoms with Crippen LogP contribution in [0.15, 0.2) is 58.4 Å². The Morgan fingerprint density at radius 1 is 1.19 bits per heavy atom. The molecule has 0 radical (unpaired) electrons. The Morgan fingerprint density at radius 2 is 2.00 bits per heavy atom. The zero-order chi connectivity index (χ0) is 18.5. The number of hydrogen-bond donors (Lipinski definition) is 1. The van der Waals surface area contributed by atoms with Gasteiger partial charge in [-0.2, -0.15) is 0 Å². The predicted octanol–water partition coefficient (Wildman–Crippen LogP) is 5.49. The molecule has 2 aromatic carbocycles. The second-order valence-electron chi connectivity index (χ2n) is 5.37. The molecular weight excluding hydrogens is 421 g/mol. The van der Waals surface area contributed by atoms with Crippen LogP contribution in [0.2, 0.25) is 0 Å². The lowest BCUT2D eigenvalue weighted by atomic mass is 10.3. The number of carbonyl (C=O) groups excluding carboxylic acids is 1. The van der Waals surface area contributed by atoms with E-state index < -0.39 is 5.82 Å². The van der Waals surface area contributed by atoms with E-state index in [0.717, 1.165) is 5.56 Å². The number of nitrogens with one attached hydrogen (secondary N) is 1. The number of anilines is 1. The van der Waals surface area contributed by atoms with Gasteiger partial charge in [0.15, 0.2) is 0 Å². The van der Waals surface area contributed by atoms with Crippen LogP contribution in [0.1, 0.15) is 15.2 Å². The molecule has 1 N–H and O–H groups in total. The van der Waals surface area contributed by atoms with Crippen molar-refractivity contribution < 1.29 is 18.7 Å². The van der Waals surface area contributed by atoms with Crippen LogP contribution in [0.4, 0.5) is 10.1 Å². The van der Waals surface area contributed by atoms with Gasteiger partial charge in [-0.15, -0.1) is 11.3 Å². The van der Waals surface area contributed by atoms with Gasteiger partial charge in [0.1, 0.15) is 23.9 Å². The van der Waals surface area contributed by atoms with Crippen molar-refractivity contribution in [2.45, 2.75) is 6.61 Å². The molecule has 1 heterocycles. The van der Waals surface area contributed by atoms with Gasteiger partial charge < -0.3 is 14.8 Å². The number of amides is 1. The molecule has 0 unspecified atom stereocenters. The second-order valence-corrected chi connectivity index (χ2v) is 7.19. The Balaban J connectivity index is 1.62. The maximum absolute atomic E-state index is 13.8. The van der Waals surface area contributed by atoms with Gasteiger partial charge in [-0.3, -0.25) is 4.79 Å². The van der Waals surface area contributed by atoms with Gasteiger partial charge in [-0.1, -0.05) is 22.0 Å². The number of methoxy groups -OCH3 is 1. The lowest BCUT2D eigenvalue weighted by molar-refractivity contribution is 0.103. The first-order chi connectivity index (χ1) is 12.5. The Bertz CT molecular complexity index is 929. The third kappa shape index (κ3) is 4.62. The minimum absolute atomic E-state index is 0.140. The molecule has 0 aliphatic carbocycles. The van der Waals surface area contributed by atoms with Gasteiger partial charge in [-0.05, 0) is 41.8 Å². The van der Waals surface area contributed by atoms with Crippen LogP contribution in [0, 0.1) is 5.82 Å². The smallest absolute Gasteiger partial charge is 0.265 e. The number of carbonyl (C=O) groups is 1. The van der Waals surface area contributed by atoms with E-state index in [1.165, 1.54) is 23.5 Å². The van der Waals surface area contributed by atoms with Crippen LogP contribution >= 0.6 is 27.3 Å². The second kappa shape index (κ2) is 8.33. The summed E-state index contributed by atoms with van der Waals surface area (Å²) < 4.78 is 25.3. The van der Waals surface area contributed by atoms with E-state index in [-0.39, 0.29) is 11.6 Å². The highest BCUT2D eigenvalue weighted by atomic mass is 79.9. The molecule has 1 aromatic heterocycles. The van der Waals surface area contributed by atoms with E-state index in [9.17, 15) is 9.18 Å². The van der Waals surface area contributed by atoms with Crippen LogP contribution < -0.4 is 14.8 Å². The highest BCUT2D eigenvalue weighted by Gasteiger charge is 2.12. The Hall–Kier alpha value is -2.38. The number of halogens is 2. The lowest BCUT2D eigenvalue weighted by Gasteiger charge is -2.06. The van der Waals surface area contributed by atoms with E-state index in [0.29, 0.717) is 27.5 Å². The molecule has 0 atom stereocenters. The van der Waals surface area contributed by atoms with Crippen molar-refractivity contribution in [3.63, 3.8) is 0 Å². The molecule has 3 rings (SSSR count). The summed E-state index contributed by atoms with van der Waals surface area (Å²) in [5, 5.41) is 4.41. The van der Waals surface area contributed by atoms with Gasteiger partial charge in [-0.25, -0.2) is 4.39 Å². The third-order valence-electron chi connectivity index (χ3n) is 3.50. The van der Waals surface area contributed by atoms with Crippen LogP contribution in [0.3, 0.4) is 0 Å². The van der Waals surface area contributed by atoms with Crippen molar-refractivity contribution in [2.75, 3.05) is 12.4 Å². The molecule has 7 heteroatoms. The predicted molar refractivity (Wildman–Crippen MR) is 104 cm³/mol. The molecule has 134 valence electrons. The summed E-state index contributed by atoms with van der Waals surface area (Å²) in [6.07, 6.45) is 0. The molecule has 26 heavy (non-hydrogen) atoms. The molecule has 0 spiro atoms. The van der Waals surface area contributed by atoms with Gasteiger partial charge in [0.2, 0.25) is 0 Å². The molecule has 0 aliphatic heterocycles. The monoisotopic (exact) mass is 435 g/mol. The normalized spacial score (nSPS) is 10.4. The molecule has 0 saturated heterocycles. The summed E-state index contributed by atoms with van der Waals surface area (Å²) in [6.45, 7) is 0.323. The SMILES string of the molecule is COc1cccc(OCc2csc(C(=O)Nc3ccc(Br)cc3F)c2)c1. The van der Waals surface area contributed by atoms with Crippen molar-refractivity contribution >= 4 is 38.9 Å². The van der Waals surface area contributed by atoms with Crippen molar-refractivity contribution in [2.24, 2.45) is 0 Å². The molecular formula is C19H15BrFNO3S. The summed E-state index contributed by atoms with van der Waals surface area (Å²) >= 11 is 4.46. The summed E-state index contributed by atoms with van der Waals surface area (Å²) in [5.41, 5.74) is 1.00. The zero-order valence-corrected chi connectivity index (χ0v) is 16.2. The number of hydrogen-bond acceptors (Lipinski definition) is 4. The van der Waals surface area contributed by atoms with Crippen LogP contribution in [0.5, 0.6) is 11.5 Å². The summed E-state index contributed by atoms with van der Waals surface area (Å²) in [4.78, 5) is 12.8. The summed E-state index contributed by atoms with van der Waals surface area (Å²) in [7, 11) is 1.59. The number of ether oxygens (including phenoxy) is 2. The summed E-state index contributed by atoms with van der Waals surface area (Å²) in [5.74, 6) is 0.539. The zero-order valence-electron chi connectivity index (χ0n) is 13.8. The minimum atomic E-state index is -0.495. The fourth-order valence-corrected chi connectivity index (χ4v) is 3.33. The van der Waals surface area contributed by atoms with Gasteiger partial charge in [0, 0.05) is 16.1 Å². The molecule has 0 aliphatic rings. The average molecular weight is 436 g/mol. The topological polar surface area (TPSA) is 47.6 Å². The third-order valence-corrected chi connectivity index (χ3v) is 4.97. The molecule has 3 aromatic rings. The van der Waals surface area contributed by atoms with E-state index in [4.69, 9.17) is 9.47 Å². The first-order valence-corrected chi connectivity index (χ1v) is 9.33. The standard InChI is InChI=1S/C19H15BrFNO3S/c1-24-14-3-2-4-15(9-14)25-10-12-7-18(26-11-12)19(23)22-17-6-5-13(20)8-16(17)21/h2-9,11H,10H2,1H3,(H,22,23). The Morgan fingerprint density at radius 3 is 2.77 bits per heavy atom. The Labute approximate surface area is 162 Å². The molecule has 0 bridgehead atoms. The lowest BCUT2D eigenvalue weighted by Crippen LogP contribution is -2.11. The maximum atomic E-state index is 13.8. The number of thiophene rings is 1. The van der Waals surface area contributed by atoms with E-state index in [1.807, 2.05) is 23.6 Å². The molecule has 0 saturated carbocycles. The van der Waals surface area contributed by atoms with E-state index in [1.54, 1.807) is 25.3 Å². The maximum Gasteiger partial charge on any atom is 0.265 e. The van der Waals surface area contributed by atoms with E-state index >= 15 is 0 Å². The van der Waals surface area contributed by atoms with Crippen molar-refractivity contribution in [3.05, 3.63) is 74.6 Å². The highest BCUT2D eigenvalue weighted by Crippen LogP contribution is 2.23. The quantitative estimate of drug-likeness (QED) is 0.556. The minimum Gasteiger partial charge on any atom is -0.497 e. The summed E-state index contributed by atoms with van der Waals surface area (Å²) in [6, 6.07) is 13.5. The van der Waals surface area contributed by atoms with Gasteiger partial charge >= 0.3 is 0 Å². The van der Waals surface area contributed by atoms with E-state index in [2.05, 4.69) is 21.2 Å². The fourth-order valence-electron chi connectivity index (χ4n) is 2.20. The largest absolute Gasteiger partial charge is 0.497 e. The van der Waals surface area contributed by atoms with Crippen LogP contribution in [-0.4, -0.2) is 13.0 Å². The highest BCUT2D eigenvalue weighted by molar-refractivity contribution is 9.10. The van der Waals surface area contributed by atoms with Crippen molar-refractivity contribution in [1.82, 2.24) is 0 Å². The van der Waals surface area contributed by atoms with Crippen molar-refractivity contribution in [1.29, 1.82) is 0 Å². The fraction of sp³-hybridized carbons (Fsp3) is 0.105. The van der Waals surface area contributed by atoms with Gasteiger partial charge in [0.05, 0.1) is 17.7 Å². The average Bonchev–Trinajstić information content (AvgIpc) is 3.11. The molecule has 4 nitrogen and oxygen atoms in total. The van der Waals surface area contributed by atoms with Crippen molar-refractivity contribution in [3.8, 4) is 11.5 Å². The molecule has 0 fully saturated rings. The van der Waals surface area contributed by atoms with Gasteiger partial charge in [0.25, 0.3) is 5.91 Å². The van der Waals surface area contributed by atoms with Crippen LogP contribution in [0.25, 0.3) is 0 Å². The first kappa shape index (κ1) is 18.4. The first-order valence-electron chi connectivity index (χ1n) is 7.66. The Kier molecular flexibility index (Phi) is 5.90. The molecule has 1 amide bonds. The number of benzene rings is 2. The number of rotatable bonds is 6. The van der Waals surface area contributed by atoms with Crippen LogP contribution in [-0.2, 0) is 6.61 Å².